The summed E-state index contributed by atoms with van der Waals surface area (Å²) in [5.41, 5.74) is -0.584. The summed E-state index contributed by atoms with van der Waals surface area (Å²) in [6.45, 7) is 2.51. The second kappa shape index (κ2) is 6.93. The molecule has 0 atom stereocenters. The van der Waals surface area contributed by atoms with Crippen LogP contribution in [0.2, 0.25) is 0 Å². The van der Waals surface area contributed by atoms with Crippen LogP contribution in [0.1, 0.15) is 48.3 Å². The Balaban J connectivity index is 1.89. The van der Waals surface area contributed by atoms with Crippen molar-refractivity contribution in [3.05, 3.63) is 21.9 Å². The minimum atomic E-state index is -0.855. The second-order valence-electron chi connectivity index (χ2n) is 5.73. The molecule has 0 unspecified atom stereocenters. The third kappa shape index (κ3) is 4.74. The second-order valence-corrected chi connectivity index (χ2v) is 7.10. The lowest BCUT2D eigenvalue weighted by molar-refractivity contribution is -0.139. The molecule has 3 N–H and O–H groups in total. The van der Waals surface area contributed by atoms with Crippen molar-refractivity contribution in [2.75, 3.05) is 0 Å². The number of hydrogen-bond donors (Lipinski definition) is 3. The van der Waals surface area contributed by atoms with Crippen molar-refractivity contribution < 1.29 is 14.7 Å². The maximum absolute atomic E-state index is 12.1. The highest BCUT2D eigenvalue weighted by Crippen LogP contribution is 2.31. The lowest BCUT2D eigenvalue weighted by Gasteiger charge is -2.36. The molecular formula is C15H22N2O3S. The van der Waals surface area contributed by atoms with Gasteiger partial charge in [-0.25, -0.2) is 4.79 Å². The maximum Gasteiger partial charge on any atom is 0.315 e. The number of thiophene rings is 1. The summed E-state index contributed by atoms with van der Waals surface area (Å²) in [7, 11) is 0. The van der Waals surface area contributed by atoms with E-state index in [4.69, 9.17) is 5.11 Å². The van der Waals surface area contributed by atoms with Crippen LogP contribution in [0.3, 0.4) is 0 Å². The van der Waals surface area contributed by atoms with Crippen molar-refractivity contribution in [1.82, 2.24) is 10.6 Å². The van der Waals surface area contributed by atoms with Gasteiger partial charge in [-0.05, 0) is 31.9 Å². The van der Waals surface area contributed by atoms with Gasteiger partial charge >= 0.3 is 12.0 Å². The smallest absolute Gasteiger partial charge is 0.315 e. The molecule has 2 rings (SSSR count). The molecule has 0 aromatic carbocycles. The molecule has 0 saturated heterocycles. The van der Waals surface area contributed by atoms with Crippen LogP contribution in [0.5, 0.6) is 0 Å². The number of carbonyl (C=O) groups is 2. The summed E-state index contributed by atoms with van der Waals surface area (Å²) in [4.78, 5) is 25.4. The van der Waals surface area contributed by atoms with Crippen molar-refractivity contribution in [3.63, 3.8) is 0 Å². The average molecular weight is 310 g/mol. The van der Waals surface area contributed by atoms with Gasteiger partial charge in [-0.2, -0.15) is 0 Å². The highest BCUT2D eigenvalue weighted by Gasteiger charge is 2.35. The summed E-state index contributed by atoms with van der Waals surface area (Å²) in [5, 5.41) is 14.8. The van der Waals surface area contributed by atoms with E-state index in [0.29, 0.717) is 6.54 Å². The first kappa shape index (κ1) is 15.8. The van der Waals surface area contributed by atoms with E-state index in [9.17, 15) is 9.59 Å². The molecule has 1 aromatic heterocycles. The van der Waals surface area contributed by atoms with Crippen LogP contribution in [0.4, 0.5) is 4.79 Å². The zero-order valence-corrected chi connectivity index (χ0v) is 13.1. The van der Waals surface area contributed by atoms with Crippen LogP contribution >= 0.6 is 11.3 Å². The van der Waals surface area contributed by atoms with Crippen LogP contribution in [0, 0.1) is 6.92 Å². The Labute approximate surface area is 128 Å². The predicted molar refractivity (Wildman–Crippen MR) is 82.5 cm³/mol. The number of nitrogens with one attached hydrogen (secondary N) is 2. The van der Waals surface area contributed by atoms with E-state index in [1.165, 1.54) is 4.88 Å². The summed E-state index contributed by atoms with van der Waals surface area (Å²) < 4.78 is 0. The van der Waals surface area contributed by atoms with E-state index in [2.05, 4.69) is 10.6 Å². The van der Waals surface area contributed by atoms with E-state index >= 15 is 0 Å². The predicted octanol–water partition coefficient (Wildman–Crippen LogP) is 3.03. The fourth-order valence-electron chi connectivity index (χ4n) is 2.90. The molecule has 0 bridgehead atoms. The number of carboxylic acid groups (broad SMARTS) is 1. The van der Waals surface area contributed by atoms with Gasteiger partial charge in [-0.1, -0.05) is 19.3 Å². The topological polar surface area (TPSA) is 78.4 Å². The summed E-state index contributed by atoms with van der Waals surface area (Å²) in [6, 6.07) is 3.74. The highest BCUT2D eigenvalue weighted by molar-refractivity contribution is 7.11. The van der Waals surface area contributed by atoms with Gasteiger partial charge in [0.2, 0.25) is 0 Å². The molecule has 0 spiro atoms. The van der Waals surface area contributed by atoms with Crippen LogP contribution in [-0.4, -0.2) is 22.6 Å². The fraction of sp³-hybridized carbons (Fsp3) is 0.600. The van der Waals surface area contributed by atoms with Crippen LogP contribution in [0.25, 0.3) is 0 Å². The minimum Gasteiger partial charge on any atom is -0.481 e. The van der Waals surface area contributed by atoms with Crippen molar-refractivity contribution in [3.8, 4) is 0 Å². The summed E-state index contributed by atoms with van der Waals surface area (Å²) in [5.74, 6) is -0.855. The molecule has 116 valence electrons. The Hall–Kier alpha value is -1.56. The quantitative estimate of drug-likeness (QED) is 0.782. The third-order valence-electron chi connectivity index (χ3n) is 3.90. The largest absolute Gasteiger partial charge is 0.481 e. The molecule has 1 aliphatic rings. The highest BCUT2D eigenvalue weighted by atomic mass is 32.1. The number of amides is 2. The number of aryl methyl sites for hydroxylation is 1. The van der Waals surface area contributed by atoms with Gasteiger partial charge in [-0.3, -0.25) is 4.79 Å². The Morgan fingerprint density at radius 2 is 2.00 bits per heavy atom. The fourth-order valence-corrected chi connectivity index (χ4v) is 3.73. The first-order valence-corrected chi connectivity index (χ1v) is 8.14. The van der Waals surface area contributed by atoms with Crippen molar-refractivity contribution in [2.24, 2.45) is 0 Å². The van der Waals surface area contributed by atoms with Crippen LogP contribution in [0.15, 0.2) is 12.1 Å². The van der Waals surface area contributed by atoms with Crippen molar-refractivity contribution in [2.45, 2.75) is 57.5 Å². The van der Waals surface area contributed by atoms with Gasteiger partial charge in [0.05, 0.1) is 18.5 Å². The molecule has 1 aliphatic carbocycles. The average Bonchev–Trinajstić information content (AvgIpc) is 2.82. The number of urea groups is 1. The first-order valence-electron chi connectivity index (χ1n) is 7.32. The lowest BCUT2D eigenvalue weighted by atomic mass is 9.79. The van der Waals surface area contributed by atoms with E-state index in [0.717, 1.165) is 37.0 Å². The Bertz CT molecular complexity index is 507. The molecule has 0 aliphatic heterocycles. The molecule has 1 aromatic rings. The standard InChI is InChI=1S/C15H22N2O3S/c1-11-5-6-12(21-11)10-16-14(20)17-15(9-13(18)19)7-3-2-4-8-15/h5-6H,2-4,7-10H2,1H3,(H,18,19)(H2,16,17,20). The molecule has 1 fully saturated rings. The number of rotatable bonds is 5. The van der Waals surface area contributed by atoms with Gasteiger partial charge in [0.25, 0.3) is 0 Å². The van der Waals surface area contributed by atoms with Crippen LogP contribution in [-0.2, 0) is 11.3 Å². The van der Waals surface area contributed by atoms with Crippen molar-refractivity contribution in [1.29, 1.82) is 0 Å². The zero-order valence-electron chi connectivity index (χ0n) is 12.3. The van der Waals surface area contributed by atoms with Gasteiger partial charge in [-0.15, -0.1) is 11.3 Å². The van der Waals surface area contributed by atoms with Crippen molar-refractivity contribution >= 4 is 23.3 Å². The van der Waals surface area contributed by atoms with Gasteiger partial charge in [0.1, 0.15) is 0 Å². The Morgan fingerprint density at radius 3 is 2.57 bits per heavy atom. The third-order valence-corrected chi connectivity index (χ3v) is 4.90. The first-order chi connectivity index (χ1) is 9.99. The number of carboxylic acids is 1. The Kier molecular flexibility index (Phi) is 5.22. The molecule has 2 amide bonds. The maximum atomic E-state index is 12.1. The zero-order chi connectivity index (χ0) is 15.3. The molecule has 1 saturated carbocycles. The minimum absolute atomic E-state index is 0.00146. The van der Waals surface area contributed by atoms with Gasteiger partial charge in [0.15, 0.2) is 0 Å². The number of carbonyl (C=O) groups excluding carboxylic acids is 1. The molecule has 1 heterocycles. The summed E-state index contributed by atoms with van der Waals surface area (Å²) >= 11 is 1.65. The van der Waals surface area contributed by atoms with Gasteiger partial charge in [0, 0.05) is 9.75 Å². The lowest BCUT2D eigenvalue weighted by Crippen LogP contribution is -2.54. The van der Waals surface area contributed by atoms with Gasteiger partial charge < -0.3 is 15.7 Å². The number of hydrogen-bond acceptors (Lipinski definition) is 3. The SMILES string of the molecule is Cc1ccc(CNC(=O)NC2(CC(=O)O)CCCCC2)s1. The molecule has 6 heteroatoms. The summed E-state index contributed by atoms with van der Waals surface area (Å²) in [6.07, 6.45) is 4.53. The Morgan fingerprint density at radius 1 is 1.29 bits per heavy atom. The van der Waals surface area contributed by atoms with E-state index in [1.807, 2.05) is 19.1 Å². The number of aliphatic carboxylic acids is 1. The molecule has 21 heavy (non-hydrogen) atoms. The molecule has 5 nitrogen and oxygen atoms in total. The van der Waals surface area contributed by atoms with Crippen LogP contribution < -0.4 is 10.6 Å². The molecular weight excluding hydrogens is 288 g/mol. The van der Waals surface area contributed by atoms with E-state index < -0.39 is 11.5 Å². The normalized spacial score (nSPS) is 17.2. The molecule has 0 radical (unpaired) electrons. The van der Waals surface area contributed by atoms with E-state index in [1.54, 1.807) is 11.3 Å². The van der Waals surface area contributed by atoms with E-state index in [-0.39, 0.29) is 12.5 Å². The monoisotopic (exact) mass is 310 g/mol.